The number of benzene rings is 3. The normalized spacial score (nSPS) is 19.4. The van der Waals surface area contributed by atoms with Crippen LogP contribution in [0.4, 0.5) is 0 Å². The second kappa shape index (κ2) is 6.86. The Bertz CT molecular complexity index is 767. The van der Waals surface area contributed by atoms with Crippen molar-refractivity contribution in [2.75, 3.05) is 0 Å². The van der Waals surface area contributed by atoms with Crippen molar-refractivity contribution >= 4 is 18.7 Å². The minimum absolute atomic E-state index is 0.0206. The van der Waals surface area contributed by atoms with Gasteiger partial charge in [0, 0.05) is 14.5 Å². The van der Waals surface area contributed by atoms with E-state index < -0.39 is 8.07 Å². The lowest BCUT2D eigenvalue weighted by Crippen LogP contribution is -2.31. The van der Waals surface area contributed by atoms with Crippen LogP contribution in [0.2, 0.25) is 0 Å². The number of fused-ring (bicyclic) bond motifs is 1. The molecule has 120 valence electrons. The number of aliphatic hydroxyl groups is 1. The van der Waals surface area contributed by atoms with Gasteiger partial charge in [-0.1, -0.05) is 84.9 Å². The Hall–Kier alpha value is -1.99. The Balaban J connectivity index is 1.71. The maximum Gasteiger partial charge on any atom is 0.0778 e. The van der Waals surface area contributed by atoms with Crippen LogP contribution in [0.25, 0.3) is 0 Å². The van der Waals surface area contributed by atoms with E-state index in [0.717, 1.165) is 6.42 Å². The summed E-state index contributed by atoms with van der Waals surface area (Å²) in [5.41, 5.74) is 2.47. The molecule has 2 nitrogen and oxygen atoms in total. The molecule has 0 amide bonds. The number of hydrogen-bond acceptors (Lipinski definition) is 2. The van der Waals surface area contributed by atoms with E-state index >= 15 is 0 Å². The standard InChI is InChI=1S/C21H20NOP/c23-20-15-16-9-7-8-14-19(16)21(20)22-24(17-10-3-1-4-11-17)18-12-5-2-6-13-18/h1-14,20-23H,15H2. The van der Waals surface area contributed by atoms with Gasteiger partial charge in [0.05, 0.1) is 12.1 Å². The molecule has 0 heterocycles. The summed E-state index contributed by atoms with van der Waals surface area (Å²) >= 11 is 0. The second-order valence-corrected chi connectivity index (χ2v) is 8.05. The van der Waals surface area contributed by atoms with Gasteiger partial charge in [-0.25, -0.2) is 0 Å². The predicted octanol–water partition coefficient (Wildman–Crippen LogP) is 3.28. The zero-order valence-electron chi connectivity index (χ0n) is 13.3. The van der Waals surface area contributed by atoms with Crippen LogP contribution in [-0.2, 0) is 6.42 Å². The minimum Gasteiger partial charge on any atom is -0.391 e. The first-order valence-electron chi connectivity index (χ1n) is 8.25. The van der Waals surface area contributed by atoms with E-state index in [1.807, 2.05) is 18.2 Å². The van der Waals surface area contributed by atoms with E-state index in [2.05, 4.69) is 71.8 Å². The molecule has 24 heavy (non-hydrogen) atoms. The van der Waals surface area contributed by atoms with Crippen molar-refractivity contribution < 1.29 is 5.11 Å². The monoisotopic (exact) mass is 333 g/mol. The SMILES string of the molecule is OC1Cc2ccccc2C1NP(c1ccccc1)c1ccccc1. The molecule has 0 saturated carbocycles. The molecule has 0 aliphatic heterocycles. The molecule has 3 aromatic carbocycles. The van der Waals surface area contributed by atoms with Gasteiger partial charge in [0.25, 0.3) is 0 Å². The van der Waals surface area contributed by atoms with Crippen LogP contribution in [0.15, 0.2) is 84.9 Å². The first-order valence-corrected chi connectivity index (χ1v) is 9.59. The lowest BCUT2D eigenvalue weighted by Gasteiger charge is -2.26. The molecule has 0 spiro atoms. The van der Waals surface area contributed by atoms with Crippen LogP contribution >= 0.6 is 8.07 Å². The van der Waals surface area contributed by atoms with E-state index in [0.29, 0.717) is 0 Å². The van der Waals surface area contributed by atoms with Gasteiger partial charge in [0.2, 0.25) is 0 Å². The Morgan fingerprint density at radius 1 is 0.750 bits per heavy atom. The van der Waals surface area contributed by atoms with Crippen LogP contribution in [0.3, 0.4) is 0 Å². The molecule has 0 fully saturated rings. The molecule has 1 aliphatic rings. The Kier molecular flexibility index (Phi) is 4.44. The Morgan fingerprint density at radius 2 is 1.29 bits per heavy atom. The largest absolute Gasteiger partial charge is 0.391 e. The zero-order chi connectivity index (χ0) is 16.4. The summed E-state index contributed by atoms with van der Waals surface area (Å²) in [6, 6.07) is 29.4. The summed E-state index contributed by atoms with van der Waals surface area (Å²) in [6.45, 7) is 0. The van der Waals surface area contributed by atoms with Gasteiger partial charge < -0.3 is 5.11 Å². The highest BCUT2D eigenvalue weighted by Gasteiger charge is 2.32. The summed E-state index contributed by atoms with van der Waals surface area (Å²) in [7, 11) is -0.723. The zero-order valence-corrected chi connectivity index (χ0v) is 14.2. The van der Waals surface area contributed by atoms with E-state index in [4.69, 9.17) is 0 Å². The van der Waals surface area contributed by atoms with Crippen molar-refractivity contribution in [1.29, 1.82) is 0 Å². The third-order valence-corrected chi connectivity index (χ3v) is 6.67. The first-order chi connectivity index (χ1) is 11.8. The van der Waals surface area contributed by atoms with Crippen molar-refractivity contribution in [3.8, 4) is 0 Å². The number of hydrogen-bond donors (Lipinski definition) is 2. The van der Waals surface area contributed by atoms with Crippen LogP contribution in [0, 0.1) is 0 Å². The average molecular weight is 333 g/mol. The highest BCUT2D eigenvalue weighted by Crippen LogP contribution is 2.39. The molecule has 0 saturated heterocycles. The predicted molar refractivity (Wildman–Crippen MR) is 101 cm³/mol. The molecule has 3 heteroatoms. The lowest BCUT2D eigenvalue weighted by molar-refractivity contribution is 0.152. The quantitative estimate of drug-likeness (QED) is 0.718. The van der Waals surface area contributed by atoms with Crippen LogP contribution < -0.4 is 15.7 Å². The van der Waals surface area contributed by atoms with Gasteiger partial charge >= 0.3 is 0 Å². The fraction of sp³-hybridized carbons (Fsp3) is 0.143. The fourth-order valence-corrected chi connectivity index (χ4v) is 5.45. The molecule has 4 rings (SSSR count). The fourth-order valence-electron chi connectivity index (χ4n) is 3.32. The summed E-state index contributed by atoms with van der Waals surface area (Å²) in [5.74, 6) is 0. The molecule has 1 aliphatic carbocycles. The summed E-state index contributed by atoms with van der Waals surface area (Å²) in [4.78, 5) is 0. The Morgan fingerprint density at radius 3 is 1.92 bits per heavy atom. The van der Waals surface area contributed by atoms with Gasteiger partial charge in [-0.2, -0.15) is 0 Å². The molecule has 2 N–H and O–H groups in total. The maximum atomic E-state index is 10.6. The summed E-state index contributed by atoms with van der Waals surface area (Å²) < 4.78 is 0. The van der Waals surface area contributed by atoms with Crippen LogP contribution in [-0.4, -0.2) is 11.2 Å². The molecule has 2 atom stereocenters. The third-order valence-electron chi connectivity index (χ3n) is 4.50. The summed E-state index contributed by atoms with van der Waals surface area (Å²) in [5, 5.41) is 16.9. The number of aliphatic hydroxyl groups excluding tert-OH is 1. The molecule has 0 radical (unpaired) electrons. The van der Waals surface area contributed by atoms with E-state index in [-0.39, 0.29) is 12.1 Å². The van der Waals surface area contributed by atoms with Crippen molar-refractivity contribution in [1.82, 2.24) is 5.09 Å². The van der Waals surface area contributed by atoms with Crippen molar-refractivity contribution in [3.63, 3.8) is 0 Å². The second-order valence-electron chi connectivity index (χ2n) is 6.08. The average Bonchev–Trinajstić information content (AvgIpc) is 2.96. The number of rotatable bonds is 4. The maximum absolute atomic E-state index is 10.6. The highest BCUT2D eigenvalue weighted by atomic mass is 31.1. The highest BCUT2D eigenvalue weighted by molar-refractivity contribution is 7.71. The molecule has 0 aromatic heterocycles. The smallest absolute Gasteiger partial charge is 0.0778 e. The molecule has 2 unspecified atom stereocenters. The molecular formula is C21H20NOP. The molecule has 3 aromatic rings. The van der Waals surface area contributed by atoms with Gasteiger partial charge in [-0.15, -0.1) is 0 Å². The Labute approximate surface area is 144 Å². The lowest BCUT2D eigenvalue weighted by atomic mass is 10.1. The first kappa shape index (κ1) is 15.5. The third kappa shape index (κ3) is 3.01. The van der Waals surface area contributed by atoms with E-state index in [1.165, 1.54) is 21.7 Å². The van der Waals surface area contributed by atoms with E-state index in [9.17, 15) is 5.11 Å². The van der Waals surface area contributed by atoms with Crippen LogP contribution in [0.5, 0.6) is 0 Å². The minimum atomic E-state index is -0.723. The number of nitrogens with one attached hydrogen (secondary N) is 1. The van der Waals surface area contributed by atoms with Gasteiger partial charge in [0.15, 0.2) is 0 Å². The molecule has 0 bridgehead atoms. The van der Waals surface area contributed by atoms with Crippen LogP contribution in [0.1, 0.15) is 17.2 Å². The van der Waals surface area contributed by atoms with Crippen molar-refractivity contribution in [2.24, 2.45) is 0 Å². The van der Waals surface area contributed by atoms with Gasteiger partial charge in [-0.3, -0.25) is 5.09 Å². The van der Waals surface area contributed by atoms with Gasteiger partial charge in [0.1, 0.15) is 0 Å². The van der Waals surface area contributed by atoms with Crippen molar-refractivity contribution in [2.45, 2.75) is 18.6 Å². The topological polar surface area (TPSA) is 32.3 Å². The van der Waals surface area contributed by atoms with E-state index in [1.54, 1.807) is 0 Å². The molecular weight excluding hydrogens is 313 g/mol. The van der Waals surface area contributed by atoms with Gasteiger partial charge in [-0.05, 0) is 21.7 Å². The summed E-state index contributed by atoms with van der Waals surface area (Å²) in [6.07, 6.45) is 0.348. The van der Waals surface area contributed by atoms with Crippen molar-refractivity contribution in [3.05, 3.63) is 96.1 Å².